The molecule has 5 heterocycles. The molecule has 0 radical (unpaired) electrons. The van der Waals surface area contributed by atoms with Crippen LogP contribution in [-0.4, -0.2) is 77.9 Å². The number of benzene rings is 1. The average molecular weight is 552 g/mol. The zero-order valence-corrected chi connectivity index (χ0v) is 22.4. The minimum absolute atomic E-state index is 0.0649. The number of thiophene rings is 1. The summed E-state index contributed by atoms with van der Waals surface area (Å²) in [7, 11) is -3.54. The van der Waals surface area contributed by atoms with Crippen LogP contribution in [0.5, 0.6) is 0 Å². The van der Waals surface area contributed by atoms with Crippen LogP contribution in [0.2, 0.25) is 0 Å². The number of rotatable bonds is 8. The van der Waals surface area contributed by atoms with Crippen molar-refractivity contribution >= 4 is 44.2 Å². The van der Waals surface area contributed by atoms with E-state index in [-0.39, 0.29) is 6.03 Å². The SMILES string of the molecule is O=C1NCCN1CCNc1ncc(-c2ccc3[nH]ccc3c2)c(-c2ccc(S(=O)(=O)N3CCCCC3)s2)n1. The Hall–Kier alpha value is -3.48. The molecule has 2 fully saturated rings. The molecular formula is C26H29N7O3S2. The number of nitrogens with one attached hydrogen (secondary N) is 3. The van der Waals surface area contributed by atoms with Gasteiger partial charge in [-0.1, -0.05) is 12.5 Å². The number of anilines is 1. The summed E-state index contributed by atoms with van der Waals surface area (Å²) in [6.07, 6.45) is 6.53. The standard InChI is InChI=1S/C26H29N7O3S2/c34-26-29-11-15-32(26)14-10-28-25-30-17-20(18-4-5-21-19(16-18)8-9-27-21)24(31-25)22-6-7-23(37-22)38(35,36)33-12-2-1-3-13-33/h4-9,16-17,27H,1-3,10-15H2,(H,29,34)(H,28,30,31). The Morgan fingerprint density at radius 2 is 1.92 bits per heavy atom. The molecule has 6 rings (SSSR count). The zero-order valence-electron chi connectivity index (χ0n) is 20.8. The van der Waals surface area contributed by atoms with Crippen molar-refractivity contribution in [2.24, 2.45) is 0 Å². The highest BCUT2D eigenvalue weighted by atomic mass is 32.2. The van der Waals surface area contributed by atoms with Gasteiger partial charge in [-0.25, -0.2) is 23.2 Å². The Kier molecular flexibility index (Phi) is 6.76. The third-order valence-corrected chi connectivity index (χ3v) is 10.4. The van der Waals surface area contributed by atoms with E-state index < -0.39 is 10.0 Å². The summed E-state index contributed by atoms with van der Waals surface area (Å²) >= 11 is 1.24. The Bertz CT molecular complexity index is 1570. The highest BCUT2D eigenvalue weighted by Crippen LogP contribution is 2.38. The lowest BCUT2D eigenvalue weighted by atomic mass is 10.0. The fourth-order valence-electron chi connectivity index (χ4n) is 4.93. The van der Waals surface area contributed by atoms with Crippen molar-refractivity contribution in [3.63, 3.8) is 0 Å². The summed E-state index contributed by atoms with van der Waals surface area (Å²) in [4.78, 5) is 26.9. The van der Waals surface area contributed by atoms with Crippen LogP contribution in [0.15, 0.2) is 53.0 Å². The van der Waals surface area contributed by atoms with Gasteiger partial charge in [0.15, 0.2) is 0 Å². The molecule has 38 heavy (non-hydrogen) atoms. The maximum atomic E-state index is 13.3. The predicted octanol–water partition coefficient (Wildman–Crippen LogP) is 3.97. The van der Waals surface area contributed by atoms with Gasteiger partial charge in [-0.05, 0) is 54.1 Å². The Morgan fingerprint density at radius 1 is 1.05 bits per heavy atom. The molecule has 3 N–H and O–H groups in total. The quantitative estimate of drug-likeness (QED) is 0.305. The lowest BCUT2D eigenvalue weighted by Gasteiger charge is -2.25. The summed E-state index contributed by atoms with van der Waals surface area (Å²) in [5.74, 6) is 0.430. The van der Waals surface area contributed by atoms with E-state index in [0.717, 1.165) is 46.2 Å². The van der Waals surface area contributed by atoms with Crippen molar-refractivity contribution in [2.45, 2.75) is 23.5 Å². The van der Waals surface area contributed by atoms with Crippen LogP contribution in [0.4, 0.5) is 10.7 Å². The number of urea groups is 1. The maximum Gasteiger partial charge on any atom is 0.317 e. The summed E-state index contributed by atoms with van der Waals surface area (Å²) < 4.78 is 28.5. The molecule has 0 saturated carbocycles. The van der Waals surface area contributed by atoms with Crippen LogP contribution in [0.1, 0.15) is 19.3 Å². The van der Waals surface area contributed by atoms with Crippen molar-refractivity contribution < 1.29 is 13.2 Å². The lowest BCUT2D eigenvalue weighted by Crippen LogP contribution is -2.35. The summed E-state index contributed by atoms with van der Waals surface area (Å²) in [6.45, 7) is 3.49. The lowest BCUT2D eigenvalue weighted by molar-refractivity contribution is 0.219. The zero-order chi connectivity index (χ0) is 26.1. The number of aromatic amines is 1. The summed E-state index contributed by atoms with van der Waals surface area (Å²) in [6, 6.07) is 11.6. The van der Waals surface area contributed by atoms with Gasteiger partial charge in [0.2, 0.25) is 5.95 Å². The molecule has 3 aromatic heterocycles. The van der Waals surface area contributed by atoms with Gasteiger partial charge >= 0.3 is 6.03 Å². The number of piperidine rings is 1. The minimum atomic E-state index is -3.54. The molecule has 12 heteroatoms. The van der Waals surface area contributed by atoms with E-state index in [1.165, 1.54) is 11.3 Å². The third kappa shape index (κ3) is 4.86. The molecular weight excluding hydrogens is 522 g/mol. The van der Waals surface area contributed by atoms with Gasteiger partial charge in [0.1, 0.15) is 4.21 Å². The first-order chi connectivity index (χ1) is 18.5. The van der Waals surface area contributed by atoms with Gasteiger partial charge in [-0.15, -0.1) is 11.3 Å². The normalized spacial score (nSPS) is 16.7. The van der Waals surface area contributed by atoms with Crippen LogP contribution >= 0.6 is 11.3 Å². The molecule has 0 spiro atoms. The minimum Gasteiger partial charge on any atom is -0.361 e. The first kappa shape index (κ1) is 24.8. The molecule has 198 valence electrons. The second-order valence-electron chi connectivity index (χ2n) is 9.46. The monoisotopic (exact) mass is 551 g/mol. The molecule has 0 aliphatic carbocycles. The molecule has 2 aliphatic rings. The number of hydrogen-bond acceptors (Lipinski definition) is 7. The first-order valence-electron chi connectivity index (χ1n) is 12.8. The van der Waals surface area contributed by atoms with E-state index in [9.17, 15) is 13.2 Å². The number of hydrogen-bond donors (Lipinski definition) is 3. The summed E-state index contributed by atoms with van der Waals surface area (Å²) in [5.41, 5.74) is 3.47. The fourth-order valence-corrected chi connectivity index (χ4v) is 7.91. The maximum absolute atomic E-state index is 13.3. The molecule has 0 unspecified atom stereocenters. The first-order valence-corrected chi connectivity index (χ1v) is 15.1. The van der Waals surface area contributed by atoms with Crippen molar-refractivity contribution in [2.75, 3.05) is 44.6 Å². The fraction of sp³-hybridized carbons (Fsp3) is 0.346. The Morgan fingerprint density at radius 3 is 2.74 bits per heavy atom. The van der Waals surface area contributed by atoms with Gasteiger partial charge in [-0.2, -0.15) is 4.31 Å². The van der Waals surface area contributed by atoms with Gasteiger partial charge in [0.05, 0.1) is 10.6 Å². The number of aromatic nitrogens is 3. The smallest absolute Gasteiger partial charge is 0.317 e. The van der Waals surface area contributed by atoms with Gasteiger partial charge < -0.3 is 20.5 Å². The number of carbonyl (C=O) groups excluding carboxylic acids is 1. The molecule has 1 aromatic carbocycles. The van der Waals surface area contributed by atoms with Crippen molar-refractivity contribution in [1.29, 1.82) is 0 Å². The number of nitrogens with zero attached hydrogens (tertiary/aromatic N) is 4. The highest BCUT2D eigenvalue weighted by molar-refractivity contribution is 7.91. The Labute approximate surface area is 225 Å². The van der Waals surface area contributed by atoms with Crippen LogP contribution < -0.4 is 10.6 Å². The van der Waals surface area contributed by atoms with Gasteiger partial charge in [0.25, 0.3) is 10.0 Å². The topological polar surface area (TPSA) is 123 Å². The van der Waals surface area contributed by atoms with Crippen molar-refractivity contribution in [3.8, 4) is 21.7 Å². The predicted molar refractivity (Wildman–Crippen MR) is 149 cm³/mol. The Balaban J connectivity index is 1.33. The molecule has 10 nitrogen and oxygen atoms in total. The molecule has 0 atom stereocenters. The largest absolute Gasteiger partial charge is 0.361 e. The average Bonchev–Trinajstić information content (AvgIpc) is 3.70. The van der Waals surface area contributed by atoms with Crippen LogP contribution in [0.25, 0.3) is 32.6 Å². The molecule has 0 bridgehead atoms. The van der Waals surface area contributed by atoms with E-state index in [1.807, 2.05) is 30.5 Å². The van der Waals surface area contributed by atoms with Gasteiger partial charge in [-0.3, -0.25) is 0 Å². The second-order valence-corrected chi connectivity index (χ2v) is 12.7. The molecule has 2 saturated heterocycles. The van der Waals surface area contributed by atoms with Crippen LogP contribution in [0, 0.1) is 0 Å². The van der Waals surface area contributed by atoms with Crippen LogP contribution in [0.3, 0.4) is 0 Å². The number of carbonyl (C=O) groups is 1. The number of sulfonamides is 1. The third-order valence-electron chi connectivity index (χ3n) is 6.99. The number of H-pyrrole nitrogens is 1. The van der Waals surface area contributed by atoms with Crippen molar-refractivity contribution in [3.05, 3.63) is 48.8 Å². The summed E-state index contributed by atoms with van der Waals surface area (Å²) in [5, 5.41) is 7.09. The molecule has 4 aromatic rings. The van der Waals surface area contributed by atoms with Crippen LogP contribution in [-0.2, 0) is 10.0 Å². The van der Waals surface area contributed by atoms with Crippen molar-refractivity contribution in [1.82, 2.24) is 29.5 Å². The number of fused-ring (bicyclic) bond motifs is 1. The highest BCUT2D eigenvalue weighted by Gasteiger charge is 2.28. The van der Waals surface area contributed by atoms with E-state index in [2.05, 4.69) is 26.7 Å². The van der Waals surface area contributed by atoms with E-state index in [1.54, 1.807) is 21.5 Å². The van der Waals surface area contributed by atoms with E-state index in [4.69, 9.17) is 4.98 Å². The van der Waals surface area contributed by atoms with E-state index >= 15 is 0 Å². The van der Waals surface area contributed by atoms with E-state index in [0.29, 0.717) is 55.1 Å². The molecule has 2 aliphatic heterocycles. The van der Waals surface area contributed by atoms with Gasteiger partial charge in [0, 0.05) is 62.7 Å². The molecule has 2 amide bonds. The number of amides is 2. The second kappa shape index (κ2) is 10.4.